The number of fused-ring (bicyclic) bond motifs is 3. The van der Waals surface area contributed by atoms with Crippen molar-refractivity contribution in [1.29, 1.82) is 0 Å². The number of aryl methyl sites for hydroxylation is 1. The largest absolute Gasteiger partial charge is 0.508 e. The summed E-state index contributed by atoms with van der Waals surface area (Å²) in [6, 6.07) is 6.31. The summed E-state index contributed by atoms with van der Waals surface area (Å²) >= 11 is 0. The summed E-state index contributed by atoms with van der Waals surface area (Å²) in [6.45, 7) is 10.7. The Bertz CT molecular complexity index is 2230. The Balaban J connectivity index is 1.02. The number of hydrogen-bond acceptors (Lipinski definition) is 11. The maximum absolute atomic E-state index is 17.2. The van der Waals surface area contributed by atoms with Crippen molar-refractivity contribution in [3.8, 4) is 23.0 Å². The fourth-order valence-corrected chi connectivity index (χ4v) is 11.8. The zero-order valence-corrected chi connectivity index (χ0v) is 32.5. The number of likely N-dealkylation sites (tertiary alicyclic amines) is 1. The maximum Gasteiger partial charge on any atom is 0.319 e. The minimum absolute atomic E-state index is 0.00197. The average Bonchev–Trinajstić information content (AvgIpc) is 3.72. The van der Waals surface area contributed by atoms with Gasteiger partial charge in [-0.05, 0) is 99.9 Å². The molecule has 298 valence electrons. The molecule has 56 heavy (non-hydrogen) atoms. The molecule has 3 atom stereocenters. The Morgan fingerprint density at radius 1 is 1.02 bits per heavy atom. The molecular weight excluding hydrogens is 720 g/mol. The standard InChI is InChI=1S/C43H51F2N5O6/c1-4-28-31(44)9-8-26-15-27(51)16-29(33(26)28)35-34(45)36-30(17-46-35)37(50-13-14-53-22-39(2,52)20-50)48-38(47-36)55-23-41-10-5-7-32(41)49(12-6-11-41)21-42-18-40(3,19-42)56-43(42)24-54-25-43/h8-9,15-17,32,51-52H,4-7,10-14,18-25H2,1-3H3/t32-,39+,40?,41-,42?/m1/s1. The first-order valence-corrected chi connectivity index (χ1v) is 20.4. The van der Waals surface area contributed by atoms with Crippen molar-refractivity contribution in [2.45, 2.75) is 95.0 Å². The first-order chi connectivity index (χ1) is 26.9. The number of phenolic OH excluding ortho intramolecular Hbond substituents is 1. The Kier molecular flexibility index (Phi) is 8.41. The molecule has 7 aliphatic rings. The summed E-state index contributed by atoms with van der Waals surface area (Å²) in [5.74, 6) is -0.834. The van der Waals surface area contributed by atoms with Crippen molar-refractivity contribution in [3.05, 3.63) is 47.7 Å². The van der Waals surface area contributed by atoms with Crippen molar-refractivity contribution < 1.29 is 37.9 Å². The summed E-state index contributed by atoms with van der Waals surface area (Å²) in [5, 5.41) is 23.3. The second-order valence-corrected chi connectivity index (χ2v) is 18.3. The molecule has 2 aromatic heterocycles. The normalized spacial score (nSPS) is 32.4. The highest BCUT2D eigenvalue weighted by Gasteiger charge is 2.76. The van der Waals surface area contributed by atoms with E-state index in [2.05, 4.69) is 16.8 Å². The van der Waals surface area contributed by atoms with Gasteiger partial charge in [-0.1, -0.05) is 19.4 Å². The third kappa shape index (κ3) is 5.62. The molecule has 2 aliphatic carbocycles. The molecule has 13 heteroatoms. The van der Waals surface area contributed by atoms with Gasteiger partial charge in [0.25, 0.3) is 0 Å². The molecule has 2 aromatic carbocycles. The molecule has 2 saturated carbocycles. The van der Waals surface area contributed by atoms with E-state index in [1.54, 1.807) is 19.1 Å². The van der Waals surface area contributed by atoms with Crippen LogP contribution in [0.5, 0.6) is 11.8 Å². The van der Waals surface area contributed by atoms with Crippen LogP contribution >= 0.6 is 0 Å². The smallest absolute Gasteiger partial charge is 0.319 e. The number of anilines is 1. The fourth-order valence-electron chi connectivity index (χ4n) is 11.8. The van der Waals surface area contributed by atoms with Crippen LogP contribution in [0, 0.1) is 22.5 Å². The Hall–Kier alpha value is -3.75. The Labute approximate surface area is 325 Å². The van der Waals surface area contributed by atoms with Gasteiger partial charge < -0.3 is 34.1 Å². The van der Waals surface area contributed by atoms with E-state index in [1.807, 2.05) is 11.8 Å². The van der Waals surface area contributed by atoms with Crippen molar-refractivity contribution in [3.63, 3.8) is 0 Å². The number of aromatic hydroxyl groups is 1. The Morgan fingerprint density at radius 2 is 1.84 bits per heavy atom. The highest BCUT2D eigenvalue weighted by atomic mass is 19.1. The van der Waals surface area contributed by atoms with Gasteiger partial charge >= 0.3 is 6.01 Å². The van der Waals surface area contributed by atoms with E-state index in [9.17, 15) is 10.2 Å². The number of phenols is 1. The monoisotopic (exact) mass is 771 g/mol. The summed E-state index contributed by atoms with van der Waals surface area (Å²) in [5.41, 5.74) is -0.754. The van der Waals surface area contributed by atoms with E-state index >= 15 is 8.78 Å². The number of nitrogens with zero attached hydrogens (tertiary/aromatic N) is 5. The summed E-state index contributed by atoms with van der Waals surface area (Å²) < 4.78 is 57.2. The van der Waals surface area contributed by atoms with Crippen LogP contribution in [0.3, 0.4) is 0 Å². The van der Waals surface area contributed by atoms with Crippen LogP contribution < -0.4 is 9.64 Å². The molecule has 0 unspecified atom stereocenters. The first-order valence-electron chi connectivity index (χ1n) is 20.4. The number of benzene rings is 2. The predicted molar refractivity (Wildman–Crippen MR) is 206 cm³/mol. The number of rotatable bonds is 8. The maximum atomic E-state index is 17.2. The number of aromatic nitrogens is 3. The first kappa shape index (κ1) is 36.6. The molecule has 7 heterocycles. The van der Waals surface area contributed by atoms with Gasteiger partial charge in [0.15, 0.2) is 5.82 Å². The van der Waals surface area contributed by atoms with Crippen LogP contribution in [0.1, 0.15) is 71.3 Å². The second kappa shape index (κ2) is 12.9. The van der Waals surface area contributed by atoms with E-state index in [0.717, 1.165) is 58.0 Å². The quantitative estimate of drug-likeness (QED) is 0.209. The lowest BCUT2D eigenvalue weighted by Gasteiger charge is -2.55. The highest BCUT2D eigenvalue weighted by Crippen LogP contribution is 2.69. The van der Waals surface area contributed by atoms with Crippen molar-refractivity contribution in [1.82, 2.24) is 19.9 Å². The summed E-state index contributed by atoms with van der Waals surface area (Å²) in [6.07, 6.45) is 9.36. The average molecular weight is 772 g/mol. The molecule has 5 aliphatic heterocycles. The van der Waals surface area contributed by atoms with Crippen LogP contribution in [-0.4, -0.2) is 112 Å². The third-order valence-corrected chi connectivity index (χ3v) is 14.1. The van der Waals surface area contributed by atoms with Crippen LogP contribution in [0.15, 0.2) is 30.5 Å². The molecule has 0 amide bonds. The molecule has 2 bridgehead atoms. The SMILES string of the molecule is CCc1c(F)ccc2cc(O)cc(-c3ncc4c(N5CCOC[C@@](C)(O)C5)nc(OC[C@]56CCC[C@H]5N(CC57CC(C)(C5)OC75COC5)CCC6)nc4c3F)c12. The molecule has 4 aromatic rings. The van der Waals surface area contributed by atoms with Gasteiger partial charge in [0.1, 0.15) is 39.8 Å². The van der Waals surface area contributed by atoms with Gasteiger partial charge in [0.05, 0.1) is 50.6 Å². The Morgan fingerprint density at radius 3 is 2.62 bits per heavy atom. The van der Waals surface area contributed by atoms with Gasteiger partial charge in [-0.25, -0.2) is 8.78 Å². The molecule has 2 N–H and O–H groups in total. The zero-order chi connectivity index (χ0) is 38.7. The van der Waals surface area contributed by atoms with E-state index in [1.165, 1.54) is 18.3 Å². The number of halogens is 2. The van der Waals surface area contributed by atoms with E-state index in [0.29, 0.717) is 73.0 Å². The molecule has 5 saturated heterocycles. The van der Waals surface area contributed by atoms with Gasteiger partial charge in [-0.15, -0.1) is 0 Å². The number of hydrogen-bond donors (Lipinski definition) is 2. The van der Waals surface area contributed by atoms with E-state index < -0.39 is 17.2 Å². The van der Waals surface area contributed by atoms with Gasteiger partial charge in [0.2, 0.25) is 0 Å². The van der Waals surface area contributed by atoms with Gasteiger partial charge in [-0.2, -0.15) is 9.97 Å². The highest BCUT2D eigenvalue weighted by molar-refractivity contribution is 6.01. The van der Waals surface area contributed by atoms with E-state index in [-0.39, 0.29) is 63.7 Å². The van der Waals surface area contributed by atoms with Crippen molar-refractivity contribution in [2.24, 2.45) is 10.8 Å². The second-order valence-electron chi connectivity index (χ2n) is 18.3. The topological polar surface area (TPSA) is 123 Å². The third-order valence-electron chi connectivity index (χ3n) is 14.1. The van der Waals surface area contributed by atoms with Crippen LogP contribution in [0.2, 0.25) is 0 Å². The van der Waals surface area contributed by atoms with Crippen LogP contribution in [0.25, 0.3) is 32.9 Å². The van der Waals surface area contributed by atoms with Gasteiger partial charge in [0, 0.05) is 41.7 Å². The predicted octanol–water partition coefficient (Wildman–Crippen LogP) is 6.33. The fraction of sp³-hybridized carbons (Fsp3) is 0.605. The lowest BCUT2D eigenvalue weighted by Crippen LogP contribution is -2.65. The van der Waals surface area contributed by atoms with Gasteiger partial charge in [-0.3, -0.25) is 9.88 Å². The summed E-state index contributed by atoms with van der Waals surface area (Å²) in [4.78, 5) is 18.9. The zero-order valence-electron chi connectivity index (χ0n) is 32.5. The summed E-state index contributed by atoms with van der Waals surface area (Å²) in [7, 11) is 0. The molecule has 11 nitrogen and oxygen atoms in total. The number of β-amino-alcohol motifs (C(OH)–C–C–N with tert-alkyl or cyclic N) is 1. The number of aliphatic hydroxyl groups is 1. The minimum Gasteiger partial charge on any atom is -0.508 e. The lowest BCUT2D eigenvalue weighted by atomic mass is 9.55. The van der Waals surface area contributed by atoms with Crippen LogP contribution in [0.4, 0.5) is 14.6 Å². The van der Waals surface area contributed by atoms with Crippen molar-refractivity contribution in [2.75, 3.05) is 64.1 Å². The molecule has 7 fully saturated rings. The molecular formula is C43H51F2N5O6. The number of piperidine rings is 1. The lowest BCUT2D eigenvalue weighted by molar-refractivity contribution is -0.218. The number of ether oxygens (including phenoxy) is 4. The minimum atomic E-state index is -1.19. The van der Waals surface area contributed by atoms with Crippen LogP contribution in [-0.2, 0) is 20.6 Å². The van der Waals surface area contributed by atoms with Crippen molar-refractivity contribution >= 4 is 27.5 Å². The van der Waals surface area contributed by atoms with E-state index in [4.69, 9.17) is 28.9 Å². The molecule has 1 spiro atoms. The molecule has 11 rings (SSSR count). The number of pyridine rings is 1. The molecule has 0 radical (unpaired) electrons.